The average Bonchev–Trinajstić information content (AvgIpc) is 3.39. The fraction of sp³-hybridized carbons (Fsp3) is 0.273. The smallest absolute Gasteiger partial charge is 0.314 e. The minimum atomic E-state index is -0.586. The van der Waals surface area contributed by atoms with E-state index in [1.807, 2.05) is 30.3 Å². The van der Waals surface area contributed by atoms with E-state index >= 15 is 0 Å². The molecule has 6 nitrogen and oxygen atoms in total. The van der Waals surface area contributed by atoms with Gasteiger partial charge in [-0.25, -0.2) is 0 Å². The monoisotopic (exact) mass is 410 g/mol. The van der Waals surface area contributed by atoms with Gasteiger partial charge in [0.15, 0.2) is 0 Å². The first kappa shape index (κ1) is 18.2. The first-order valence-corrected chi connectivity index (χ1v) is 9.94. The molecular formula is C22H19ClN2O4. The second-order valence-electron chi connectivity index (χ2n) is 7.30. The van der Waals surface area contributed by atoms with Crippen LogP contribution in [-0.4, -0.2) is 29.5 Å². The molecule has 3 heterocycles. The van der Waals surface area contributed by atoms with E-state index in [9.17, 15) is 9.59 Å². The number of H-pyrrole nitrogens is 1. The summed E-state index contributed by atoms with van der Waals surface area (Å²) in [5, 5.41) is 4.45. The van der Waals surface area contributed by atoms with E-state index in [1.165, 1.54) is 0 Å². The third kappa shape index (κ3) is 2.91. The zero-order valence-electron chi connectivity index (χ0n) is 15.6. The Hall–Kier alpha value is -2.83. The van der Waals surface area contributed by atoms with Crippen molar-refractivity contribution in [3.05, 3.63) is 70.4 Å². The van der Waals surface area contributed by atoms with E-state index in [0.717, 1.165) is 22.0 Å². The lowest BCUT2D eigenvalue weighted by atomic mass is 9.80. The number of fused-ring (bicyclic) bond motifs is 6. The van der Waals surface area contributed by atoms with Crippen LogP contribution in [0.1, 0.15) is 40.7 Å². The van der Waals surface area contributed by atoms with Crippen LogP contribution in [0.25, 0.3) is 10.9 Å². The third-order valence-electron chi connectivity index (χ3n) is 5.63. The van der Waals surface area contributed by atoms with Gasteiger partial charge in [-0.05, 0) is 42.3 Å². The predicted molar refractivity (Wildman–Crippen MR) is 108 cm³/mol. The Morgan fingerprint density at radius 2 is 1.90 bits per heavy atom. The molecule has 2 aliphatic heterocycles. The Morgan fingerprint density at radius 3 is 2.66 bits per heavy atom. The van der Waals surface area contributed by atoms with E-state index in [1.54, 1.807) is 25.1 Å². The number of benzene rings is 2. The second-order valence-corrected chi connectivity index (χ2v) is 7.73. The summed E-state index contributed by atoms with van der Waals surface area (Å²) in [4.78, 5) is 28.8. The van der Waals surface area contributed by atoms with Gasteiger partial charge in [-0.2, -0.15) is 0 Å². The van der Waals surface area contributed by atoms with Crippen molar-refractivity contribution >= 4 is 34.4 Å². The van der Waals surface area contributed by atoms with Crippen molar-refractivity contribution in [2.75, 3.05) is 6.61 Å². The van der Waals surface area contributed by atoms with Crippen LogP contribution in [0.2, 0.25) is 5.02 Å². The molecule has 1 fully saturated rings. The molecule has 0 aliphatic carbocycles. The Labute approximate surface area is 172 Å². The SMILES string of the molecule is CCOC(=O)[C@H]1[C@H](NC(=O)c2cc3cc(Cl)ccc3[nH]2)[C@H]2O[C@@H]1c1ccccc12. The third-order valence-corrected chi connectivity index (χ3v) is 5.86. The van der Waals surface area contributed by atoms with E-state index < -0.39 is 18.1 Å². The van der Waals surface area contributed by atoms with Crippen LogP contribution in [0.15, 0.2) is 48.5 Å². The van der Waals surface area contributed by atoms with Crippen LogP contribution in [0.3, 0.4) is 0 Å². The summed E-state index contributed by atoms with van der Waals surface area (Å²) >= 11 is 6.04. The second kappa shape index (κ2) is 6.90. The van der Waals surface area contributed by atoms with Crippen molar-refractivity contribution in [2.45, 2.75) is 25.2 Å². The number of esters is 1. The van der Waals surface area contributed by atoms with Crippen LogP contribution in [-0.2, 0) is 14.3 Å². The van der Waals surface area contributed by atoms with Crippen LogP contribution in [0.4, 0.5) is 0 Å². The van der Waals surface area contributed by atoms with Gasteiger partial charge in [-0.1, -0.05) is 35.9 Å². The van der Waals surface area contributed by atoms with Crippen molar-refractivity contribution in [1.82, 2.24) is 10.3 Å². The zero-order chi connectivity index (χ0) is 20.1. The largest absolute Gasteiger partial charge is 0.466 e. The summed E-state index contributed by atoms with van der Waals surface area (Å²) in [7, 11) is 0. The van der Waals surface area contributed by atoms with Crippen LogP contribution in [0, 0.1) is 5.92 Å². The van der Waals surface area contributed by atoms with E-state index in [-0.39, 0.29) is 24.6 Å². The van der Waals surface area contributed by atoms with Crippen LogP contribution in [0.5, 0.6) is 0 Å². The number of amides is 1. The lowest BCUT2D eigenvalue weighted by molar-refractivity contribution is -0.150. The molecule has 0 radical (unpaired) electrons. The molecule has 1 amide bonds. The standard InChI is InChI=1S/C22H19ClN2O4/c1-2-28-22(27)17-18(20-14-6-4-3-5-13(14)19(17)29-20)25-21(26)16-10-11-9-12(23)7-8-15(11)24-16/h3-10,17-20,24H,2H2,1H3,(H,25,26)/t17-,18-,19+,20-/m0/s1. The Balaban J connectivity index is 1.46. The molecule has 0 unspecified atom stereocenters. The molecule has 2 aromatic carbocycles. The number of hydrogen-bond donors (Lipinski definition) is 2. The Morgan fingerprint density at radius 1 is 1.14 bits per heavy atom. The first-order chi connectivity index (χ1) is 14.1. The summed E-state index contributed by atoms with van der Waals surface area (Å²) in [5.41, 5.74) is 3.21. The highest BCUT2D eigenvalue weighted by atomic mass is 35.5. The number of hydrogen-bond acceptors (Lipinski definition) is 4. The van der Waals surface area contributed by atoms with Crippen molar-refractivity contribution < 1.29 is 19.1 Å². The van der Waals surface area contributed by atoms with Gasteiger partial charge in [-0.15, -0.1) is 0 Å². The lowest BCUT2D eigenvalue weighted by Crippen LogP contribution is -2.46. The van der Waals surface area contributed by atoms with E-state index in [4.69, 9.17) is 21.1 Å². The fourth-order valence-corrected chi connectivity index (χ4v) is 4.58. The maximum Gasteiger partial charge on any atom is 0.314 e. The molecule has 1 aromatic heterocycles. The van der Waals surface area contributed by atoms with Gasteiger partial charge in [0.1, 0.15) is 17.7 Å². The first-order valence-electron chi connectivity index (χ1n) is 9.57. The minimum Gasteiger partial charge on any atom is -0.466 e. The zero-order valence-corrected chi connectivity index (χ0v) is 16.4. The number of carbonyl (C=O) groups is 2. The van der Waals surface area contributed by atoms with Crippen molar-refractivity contribution in [3.63, 3.8) is 0 Å². The molecule has 2 bridgehead atoms. The molecule has 148 valence electrons. The summed E-state index contributed by atoms with van der Waals surface area (Å²) in [5.74, 6) is -1.24. The Kier molecular flexibility index (Phi) is 4.33. The maximum absolute atomic E-state index is 13.0. The van der Waals surface area contributed by atoms with E-state index in [0.29, 0.717) is 10.7 Å². The quantitative estimate of drug-likeness (QED) is 0.639. The summed E-state index contributed by atoms with van der Waals surface area (Å²) in [6.07, 6.45) is -0.796. The normalized spacial score (nSPS) is 24.5. The van der Waals surface area contributed by atoms with Crippen molar-refractivity contribution in [2.24, 2.45) is 5.92 Å². The summed E-state index contributed by atoms with van der Waals surface area (Å²) in [6, 6.07) is 14.4. The van der Waals surface area contributed by atoms with E-state index in [2.05, 4.69) is 10.3 Å². The average molecular weight is 411 g/mol. The maximum atomic E-state index is 13.0. The van der Waals surface area contributed by atoms with Crippen LogP contribution < -0.4 is 5.32 Å². The minimum absolute atomic E-state index is 0.276. The highest BCUT2D eigenvalue weighted by Crippen LogP contribution is 2.54. The van der Waals surface area contributed by atoms with Gasteiger partial charge in [0.05, 0.1) is 18.8 Å². The molecule has 2 N–H and O–H groups in total. The van der Waals surface area contributed by atoms with Gasteiger partial charge in [0, 0.05) is 15.9 Å². The Bertz CT molecular complexity index is 1120. The molecule has 0 spiro atoms. The highest BCUT2D eigenvalue weighted by Gasteiger charge is 2.56. The van der Waals surface area contributed by atoms with Gasteiger partial charge in [0.25, 0.3) is 5.91 Å². The fourth-order valence-electron chi connectivity index (χ4n) is 4.40. The molecule has 4 atom stereocenters. The van der Waals surface area contributed by atoms with Gasteiger partial charge < -0.3 is 19.8 Å². The summed E-state index contributed by atoms with van der Waals surface area (Å²) in [6.45, 7) is 2.04. The number of ether oxygens (including phenoxy) is 2. The number of carbonyl (C=O) groups excluding carboxylic acids is 2. The summed E-state index contributed by atoms with van der Waals surface area (Å²) < 4.78 is 11.4. The number of nitrogens with one attached hydrogen (secondary N) is 2. The molecular weight excluding hydrogens is 392 g/mol. The van der Waals surface area contributed by atoms with Gasteiger partial charge in [0.2, 0.25) is 0 Å². The lowest BCUT2D eigenvalue weighted by Gasteiger charge is -2.28. The number of aromatic amines is 1. The molecule has 0 saturated carbocycles. The molecule has 29 heavy (non-hydrogen) atoms. The topological polar surface area (TPSA) is 80.4 Å². The van der Waals surface area contributed by atoms with Gasteiger partial charge in [-0.3, -0.25) is 9.59 Å². The molecule has 1 saturated heterocycles. The molecule has 3 aromatic rings. The number of aromatic nitrogens is 1. The van der Waals surface area contributed by atoms with Crippen molar-refractivity contribution in [3.8, 4) is 0 Å². The van der Waals surface area contributed by atoms with Crippen molar-refractivity contribution in [1.29, 1.82) is 0 Å². The van der Waals surface area contributed by atoms with Gasteiger partial charge >= 0.3 is 5.97 Å². The molecule has 5 rings (SSSR count). The highest BCUT2D eigenvalue weighted by molar-refractivity contribution is 6.31. The molecule has 7 heteroatoms. The van der Waals surface area contributed by atoms with Crippen LogP contribution >= 0.6 is 11.6 Å². The molecule has 2 aliphatic rings. The number of halogens is 1. The predicted octanol–water partition coefficient (Wildman–Crippen LogP) is 3.93. The number of rotatable bonds is 4.